The Bertz CT molecular complexity index is 724. The van der Waals surface area contributed by atoms with Crippen molar-refractivity contribution in [3.8, 4) is 0 Å². The molecule has 6 nitrogen and oxygen atoms in total. The van der Waals surface area contributed by atoms with Gasteiger partial charge in [-0.05, 0) is 19.8 Å². The van der Waals surface area contributed by atoms with Crippen molar-refractivity contribution in [2.75, 3.05) is 18.5 Å². The van der Waals surface area contributed by atoms with Crippen molar-refractivity contribution >= 4 is 16.7 Å². The molecule has 0 saturated carbocycles. The standard InChI is InChI=1S/C15H19F3N4O2/c1-2-22-14-10(7-19-22)12(20-9-3-5-24-6-4-9)11(8-23)13(21-14)15(16,17)18/h7,9,23H,2-6,8H2,1H3,(H,20,21). The second kappa shape index (κ2) is 6.56. The van der Waals surface area contributed by atoms with Gasteiger partial charge in [0.15, 0.2) is 11.3 Å². The number of aliphatic hydroxyl groups is 1. The lowest BCUT2D eigenvalue weighted by Gasteiger charge is -2.26. The maximum Gasteiger partial charge on any atom is 0.433 e. The number of ether oxygens (including phenoxy) is 1. The van der Waals surface area contributed by atoms with Crippen molar-refractivity contribution < 1.29 is 23.0 Å². The summed E-state index contributed by atoms with van der Waals surface area (Å²) in [5.74, 6) is 0. The van der Waals surface area contributed by atoms with Crippen molar-refractivity contribution in [2.24, 2.45) is 0 Å². The smallest absolute Gasteiger partial charge is 0.392 e. The Morgan fingerprint density at radius 1 is 1.38 bits per heavy atom. The number of aryl methyl sites for hydroxylation is 1. The van der Waals surface area contributed by atoms with Gasteiger partial charge in [0, 0.05) is 31.4 Å². The molecule has 0 spiro atoms. The number of pyridine rings is 1. The molecule has 0 bridgehead atoms. The van der Waals surface area contributed by atoms with Crippen LogP contribution in [0.5, 0.6) is 0 Å². The largest absolute Gasteiger partial charge is 0.433 e. The summed E-state index contributed by atoms with van der Waals surface area (Å²) in [5, 5.41) is 17.3. The predicted molar refractivity (Wildman–Crippen MR) is 81.6 cm³/mol. The fourth-order valence-corrected chi connectivity index (χ4v) is 2.96. The summed E-state index contributed by atoms with van der Waals surface area (Å²) in [5.41, 5.74) is -0.877. The number of halogens is 3. The van der Waals surface area contributed by atoms with Crippen LogP contribution in [0.1, 0.15) is 31.0 Å². The first kappa shape index (κ1) is 17.0. The number of aromatic nitrogens is 3. The van der Waals surface area contributed by atoms with E-state index in [1.165, 1.54) is 10.9 Å². The maximum absolute atomic E-state index is 13.4. The SMILES string of the molecule is CCn1ncc2c(NC3CCOCC3)c(CO)c(C(F)(F)F)nc21. The number of nitrogens with zero attached hydrogens (tertiary/aromatic N) is 3. The lowest BCUT2D eigenvalue weighted by molar-refractivity contribution is -0.142. The van der Waals surface area contributed by atoms with Gasteiger partial charge in [-0.3, -0.25) is 0 Å². The minimum atomic E-state index is -4.65. The van der Waals surface area contributed by atoms with Crippen LogP contribution < -0.4 is 5.32 Å². The van der Waals surface area contributed by atoms with Crippen molar-refractivity contribution in [3.05, 3.63) is 17.5 Å². The second-order valence-corrected chi connectivity index (χ2v) is 5.70. The number of rotatable bonds is 4. The summed E-state index contributed by atoms with van der Waals surface area (Å²) in [6.07, 6.45) is -1.77. The van der Waals surface area contributed by atoms with Gasteiger partial charge in [0.05, 0.1) is 23.9 Å². The summed E-state index contributed by atoms with van der Waals surface area (Å²) in [4.78, 5) is 3.75. The van der Waals surface area contributed by atoms with E-state index in [4.69, 9.17) is 4.74 Å². The maximum atomic E-state index is 13.4. The number of hydrogen-bond acceptors (Lipinski definition) is 5. The summed E-state index contributed by atoms with van der Waals surface area (Å²) in [6.45, 7) is 2.55. The van der Waals surface area contributed by atoms with Crippen LogP contribution in [0.15, 0.2) is 6.20 Å². The first-order chi connectivity index (χ1) is 11.5. The van der Waals surface area contributed by atoms with E-state index in [1.54, 1.807) is 6.92 Å². The minimum Gasteiger partial charge on any atom is -0.392 e. The third-order valence-electron chi connectivity index (χ3n) is 4.18. The number of aliphatic hydroxyl groups excluding tert-OH is 1. The van der Waals surface area contributed by atoms with E-state index in [1.807, 2.05) is 0 Å². The highest BCUT2D eigenvalue weighted by molar-refractivity contribution is 5.91. The van der Waals surface area contributed by atoms with Crippen LogP contribution in [-0.2, 0) is 24.1 Å². The zero-order valence-electron chi connectivity index (χ0n) is 13.2. The van der Waals surface area contributed by atoms with Gasteiger partial charge in [-0.25, -0.2) is 9.67 Å². The highest BCUT2D eigenvalue weighted by atomic mass is 19.4. The molecule has 1 fully saturated rings. The first-order valence-corrected chi connectivity index (χ1v) is 7.86. The van der Waals surface area contributed by atoms with Crippen LogP contribution in [-0.4, -0.2) is 39.1 Å². The Kier molecular flexibility index (Phi) is 4.64. The van der Waals surface area contributed by atoms with E-state index in [0.29, 0.717) is 38.0 Å². The van der Waals surface area contributed by atoms with Gasteiger partial charge in [0.2, 0.25) is 0 Å². The monoisotopic (exact) mass is 344 g/mol. The topological polar surface area (TPSA) is 72.2 Å². The molecule has 9 heteroatoms. The van der Waals surface area contributed by atoms with Crippen LogP contribution in [0.25, 0.3) is 11.0 Å². The molecule has 1 aliphatic rings. The minimum absolute atomic E-state index is 0.0132. The van der Waals surface area contributed by atoms with Crippen molar-refractivity contribution in [1.29, 1.82) is 0 Å². The van der Waals surface area contributed by atoms with Crippen LogP contribution in [0.2, 0.25) is 0 Å². The third-order valence-corrected chi connectivity index (χ3v) is 4.18. The third kappa shape index (κ3) is 3.05. The molecule has 132 valence electrons. The average Bonchev–Trinajstić information content (AvgIpc) is 2.97. The lowest BCUT2D eigenvalue weighted by Crippen LogP contribution is -2.29. The normalized spacial score (nSPS) is 16.7. The molecule has 0 atom stereocenters. The van der Waals surface area contributed by atoms with Crippen LogP contribution in [0.4, 0.5) is 18.9 Å². The second-order valence-electron chi connectivity index (χ2n) is 5.70. The lowest BCUT2D eigenvalue weighted by atomic mass is 10.0. The quantitative estimate of drug-likeness (QED) is 0.892. The zero-order chi connectivity index (χ0) is 17.3. The highest BCUT2D eigenvalue weighted by Gasteiger charge is 2.38. The molecule has 2 N–H and O–H groups in total. The van der Waals surface area contributed by atoms with Gasteiger partial charge in [-0.15, -0.1) is 0 Å². The first-order valence-electron chi connectivity index (χ1n) is 7.86. The summed E-state index contributed by atoms with van der Waals surface area (Å²) >= 11 is 0. The molecule has 2 aromatic rings. The molecule has 0 amide bonds. The number of anilines is 1. The molecule has 3 rings (SSSR count). The van der Waals surface area contributed by atoms with Gasteiger partial charge < -0.3 is 15.2 Å². The number of fused-ring (bicyclic) bond motifs is 1. The fourth-order valence-electron chi connectivity index (χ4n) is 2.96. The Morgan fingerprint density at radius 2 is 2.08 bits per heavy atom. The number of nitrogens with one attached hydrogen (secondary N) is 1. The zero-order valence-corrected chi connectivity index (χ0v) is 13.2. The van der Waals surface area contributed by atoms with Gasteiger partial charge in [0.25, 0.3) is 0 Å². The molecule has 0 unspecified atom stereocenters. The van der Waals surface area contributed by atoms with Crippen molar-refractivity contribution in [3.63, 3.8) is 0 Å². The predicted octanol–water partition coefficient (Wildman–Crippen LogP) is 2.55. The fraction of sp³-hybridized carbons (Fsp3) is 0.600. The molecule has 0 aliphatic carbocycles. The van der Waals surface area contributed by atoms with Gasteiger partial charge in [-0.2, -0.15) is 18.3 Å². The Hall–Kier alpha value is -1.87. The van der Waals surface area contributed by atoms with Crippen molar-refractivity contribution in [2.45, 2.75) is 45.1 Å². The molecule has 1 aliphatic heterocycles. The number of alkyl halides is 3. The van der Waals surface area contributed by atoms with Gasteiger partial charge in [0.1, 0.15) is 0 Å². The highest BCUT2D eigenvalue weighted by Crippen LogP contribution is 2.38. The molecule has 0 radical (unpaired) electrons. The average molecular weight is 344 g/mol. The summed E-state index contributed by atoms with van der Waals surface area (Å²) in [6, 6.07) is -0.0132. The Labute approximate surface area is 136 Å². The van der Waals surface area contributed by atoms with Crippen LogP contribution >= 0.6 is 0 Å². The Morgan fingerprint density at radius 3 is 2.67 bits per heavy atom. The Balaban J connectivity index is 2.17. The van der Waals surface area contributed by atoms with E-state index in [9.17, 15) is 18.3 Å². The molecule has 1 saturated heterocycles. The van der Waals surface area contributed by atoms with E-state index in [-0.39, 0.29) is 22.9 Å². The van der Waals surface area contributed by atoms with E-state index in [0.717, 1.165) is 0 Å². The molecule has 3 heterocycles. The van der Waals surface area contributed by atoms with Gasteiger partial charge >= 0.3 is 6.18 Å². The van der Waals surface area contributed by atoms with E-state index in [2.05, 4.69) is 15.4 Å². The molecular weight excluding hydrogens is 325 g/mol. The van der Waals surface area contributed by atoms with Crippen LogP contribution in [0.3, 0.4) is 0 Å². The molecule has 24 heavy (non-hydrogen) atoms. The van der Waals surface area contributed by atoms with Crippen LogP contribution in [0, 0.1) is 0 Å². The van der Waals surface area contributed by atoms with E-state index < -0.39 is 18.5 Å². The van der Waals surface area contributed by atoms with Gasteiger partial charge in [-0.1, -0.05) is 0 Å². The summed E-state index contributed by atoms with van der Waals surface area (Å²) < 4.78 is 46.9. The van der Waals surface area contributed by atoms with E-state index >= 15 is 0 Å². The molecule has 2 aromatic heterocycles. The van der Waals surface area contributed by atoms with Crippen molar-refractivity contribution in [1.82, 2.24) is 14.8 Å². The molecular formula is C15H19F3N4O2. The summed E-state index contributed by atoms with van der Waals surface area (Å²) in [7, 11) is 0. The molecule has 0 aromatic carbocycles. The number of hydrogen-bond donors (Lipinski definition) is 2.